The first-order valence-corrected chi connectivity index (χ1v) is 13.9. The monoisotopic (exact) mass is 719 g/mol. The van der Waals surface area contributed by atoms with Crippen molar-refractivity contribution in [2.75, 3.05) is 0 Å². The van der Waals surface area contributed by atoms with Gasteiger partial charge in [-0.3, -0.25) is 0 Å². The van der Waals surface area contributed by atoms with Crippen LogP contribution in [0.5, 0.6) is 0 Å². The molecule has 207 valence electrons. The van der Waals surface area contributed by atoms with E-state index >= 15 is 0 Å². The quantitative estimate of drug-likeness (QED) is 0.134. The van der Waals surface area contributed by atoms with Gasteiger partial charge in [-0.25, -0.2) is 0 Å². The predicted molar refractivity (Wildman–Crippen MR) is 172 cm³/mol. The summed E-state index contributed by atoms with van der Waals surface area (Å²) in [6.45, 7) is 4.40. The average molecular weight is 719 g/mol. The first-order chi connectivity index (χ1) is 20.2. The molecule has 7 rings (SSSR count). The fraction of sp³-hybridized carbons (Fsp3) is 0.0769. The van der Waals surface area contributed by atoms with Gasteiger partial charge < -0.3 is 9.97 Å². The van der Waals surface area contributed by atoms with Crippen molar-refractivity contribution in [2.24, 2.45) is 0 Å². The molecule has 0 aliphatic carbocycles. The molecular weight excluding hydrogens is 689 g/mol. The van der Waals surface area contributed by atoms with Crippen LogP contribution in [0.1, 0.15) is 25.3 Å². The summed E-state index contributed by atoms with van der Waals surface area (Å²) in [5, 5.41) is 5.00. The van der Waals surface area contributed by atoms with Crippen LogP contribution in [0.2, 0.25) is 0 Å². The molecule has 0 amide bonds. The Morgan fingerprint density at radius 3 is 2.10 bits per heavy atom. The Hall–Kier alpha value is -4.43. The second kappa shape index (κ2) is 13.5. The van der Waals surface area contributed by atoms with E-state index in [0.29, 0.717) is 5.92 Å². The molecule has 42 heavy (non-hydrogen) atoms. The molecule has 7 aromatic rings. The average Bonchev–Trinajstić information content (AvgIpc) is 3.05. The van der Waals surface area contributed by atoms with Crippen molar-refractivity contribution in [3.8, 4) is 33.6 Å². The van der Waals surface area contributed by atoms with E-state index in [-0.39, 0.29) is 20.1 Å². The van der Waals surface area contributed by atoms with Gasteiger partial charge in [0, 0.05) is 32.5 Å². The summed E-state index contributed by atoms with van der Waals surface area (Å²) in [6.07, 6.45) is 3.70. The van der Waals surface area contributed by atoms with Gasteiger partial charge in [-0.05, 0) is 40.4 Å². The number of fused-ring (bicyclic) bond motifs is 3. The summed E-state index contributed by atoms with van der Waals surface area (Å²) >= 11 is 0. The molecule has 0 N–H and O–H groups in total. The topological polar surface area (TPSA) is 25.8 Å². The number of aromatic nitrogens is 2. The smallest absolute Gasteiger partial charge is 0.0163 e. The van der Waals surface area contributed by atoms with Gasteiger partial charge in [0.25, 0.3) is 0 Å². The first kappa shape index (κ1) is 29.1. The van der Waals surface area contributed by atoms with Gasteiger partial charge in [-0.1, -0.05) is 115 Å². The third kappa shape index (κ3) is 6.55. The van der Waals surface area contributed by atoms with Crippen molar-refractivity contribution >= 4 is 21.5 Å². The number of hydrogen-bond acceptors (Lipinski definition) is 2. The van der Waals surface area contributed by atoms with E-state index in [0.717, 1.165) is 22.5 Å². The Bertz CT molecular complexity index is 1910. The number of nitrogens with zero attached hydrogens (tertiary/aromatic N) is 2. The molecule has 2 aromatic heterocycles. The van der Waals surface area contributed by atoms with E-state index in [4.69, 9.17) is 0 Å². The molecule has 0 atom stereocenters. The Balaban J connectivity index is 0.000000164. The van der Waals surface area contributed by atoms with Gasteiger partial charge in [0.15, 0.2) is 0 Å². The van der Waals surface area contributed by atoms with Crippen molar-refractivity contribution < 1.29 is 20.1 Å². The van der Waals surface area contributed by atoms with Gasteiger partial charge in [0.1, 0.15) is 0 Å². The van der Waals surface area contributed by atoms with Gasteiger partial charge in [-0.2, -0.15) is 0 Å². The molecule has 0 aliphatic heterocycles. The Labute approximate surface area is 261 Å². The second-order valence-corrected chi connectivity index (χ2v) is 10.3. The molecule has 0 spiro atoms. The molecular formula is C39H30IrN2-2. The maximum atomic E-state index is 4.50. The maximum absolute atomic E-state index is 4.50. The third-order valence-corrected chi connectivity index (χ3v) is 7.25. The molecule has 0 unspecified atom stereocenters. The van der Waals surface area contributed by atoms with Crippen molar-refractivity contribution in [3.63, 3.8) is 0 Å². The van der Waals surface area contributed by atoms with E-state index in [2.05, 4.69) is 133 Å². The number of rotatable bonds is 4. The zero-order valence-electron chi connectivity index (χ0n) is 23.6. The Kier molecular flexibility index (Phi) is 9.34. The number of benzene rings is 5. The van der Waals surface area contributed by atoms with Gasteiger partial charge in [0.05, 0.1) is 0 Å². The zero-order valence-corrected chi connectivity index (χ0v) is 26.0. The fourth-order valence-corrected chi connectivity index (χ4v) is 4.99. The molecule has 0 aliphatic rings. The van der Waals surface area contributed by atoms with E-state index in [1.807, 2.05) is 42.7 Å². The number of pyridine rings is 2. The molecule has 0 saturated heterocycles. The minimum absolute atomic E-state index is 0. The normalized spacial score (nSPS) is 10.6. The summed E-state index contributed by atoms with van der Waals surface area (Å²) < 4.78 is 0. The van der Waals surface area contributed by atoms with Gasteiger partial charge in [-0.15, -0.1) is 64.5 Å². The summed E-state index contributed by atoms with van der Waals surface area (Å²) in [4.78, 5) is 8.88. The molecule has 1 radical (unpaired) electrons. The Morgan fingerprint density at radius 2 is 1.29 bits per heavy atom. The van der Waals surface area contributed by atoms with Crippen molar-refractivity contribution in [1.82, 2.24) is 9.97 Å². The molecule has 0 bridgehead atoms. The van der Waals surface area contributed by atoms with Crippen molar-refractivity contribution in [1.29, 1.82) is 0 Å². The first-order valence-electron chi connectivity index (χ1n) is 13.9. The largest absolute Gasteiger partial charge is 0.305 e. The molecule has 0 fully saturated rings. The molecule has 0 saturated carbocycles. The van der Waals surface area contributed by atoms with Crippen LogP contribution >= 0.6 is 0 Å². The molecule has 5 aromatic carbocycles. The minimum Gasteiger partial charge on any atom is -0.305 e. The van der Waals surface area contributed by atoms with Gasteiger partial charge in [0.2, 0.25) is 0 Å². The van der Waals surface area contributed by atoms with Crippen LogP contribution in [-0.4, -0.2) is 9.97 Å². The summed E-state index contributed by atoms with van der Waals surface area (Å²) in [5.41, 5.74) is 7.74. The molecule has 3 heteroatoms. The fourth-order valence-electron chi connectivity index (χ4n) is 4.99. The van der Waals surface area contributed by atoms with Crippen molar-refractivity contribution in [3.05, 3.63) is 157 Å². The number of hydrogen-bond donors (Lipinski definition) is 0. The van der Waals surface area contributed by atoms with Crippen LogP contribution in [0.25, 0.3) is 55.2 Å². The van der Waals surface area contributed by atoms with Crippen LogP contribution in [-0.2, 0) is 20.1 Å². The zero-order chi connectivity index (χ0) is 28.0. The molecule has 2 heterocycles. The van der Waals surface area contributed by atoms with Crippen molar-refractivity contribution in [2.45, 2.75) is 19.8 Å². The third-order valence-electron chi connectivity index (χ3n) is 7.25. The van der Waals surface area contributed by atoms with Gasteiger partial charge >= 0.3 is 0 Å². The SMILES string of the molecule is CC(C)c1ccnc(-c2[c-]ccc(-c3ccccc3)c2)c1.[Ir].[c-]1cc2c(ccc3ccccc32)cc1-c1ccccn1. The van der Waals surface area contributed by atoms with Crippen LogP contribution in [0.15, 0.2) is 140 Å². The standard InChI is InChI=1S/C20H18N.C19H12N.Ir/c1-15(2)17-11-12-21-20(14-17)19-10-6-9-18(13-19)16-7-4-3-5-8-16;1-2-6-17-14(5-1)8-9-15-13-16(10-11-18(15)17)19-7-3-4-12-20-19;/h3-9,11-15H,1-2H3;1-9,11-13H;/q2*-1;. The van der Waals surface area contributed by atoms with Crippen LogP contribution in [0.3, 0.4) is 0 Å². The second-order valence-electron chi connectivity index (χ2n) is 10.3. The molecule has 2 nitrogen and oxygen atoms in total. The van der Waals surface area contributed by atoms with E-state index < -0.39 is 0 Å². The van der Waals surface area contributed by atoms with Crippen LogP contribution in [0, 0.1) is 12.1 Å². The summed E-state index contributed by atoms with van der Waals surface area (Å²) in [7, 11) is 0. The van der Waals surface area contributed by atoms with Crippen LogP contribution in [0.4, 0.5) is 0 Å². The summed E-state index contributed by atoms with van der Waals surface area (Å²) in [5.74, 6) is 0.504. The van der Waals surface area contributed by atoms with E-state index in [1.165, 1.54) is 38.2 Å². The predicted octanol–water partition coefficient (Wildman–Crippen LogP) is 10.2. The minimum atomic E-state index is 0. The Morgan fingerprint density at radius 1 is 0.548 bits per heavy atom. The summed E-state index contributed by atoms with van der Waals surface area (Å²) in [6, 6.07) is 50.5. The van der Waals surface area contributed by atoms with Crippen LogP contribution < -0.4 is 0 Å². The maximum Gasteiger partial charge on any atom is 0.0163 e. The van der Waals surface area contributed by atoms with E-state index in [9.17, 15) is 0 Å². The van der Waals surface area contributed by atoms with E-state index in [1.54, 1.807) is 0 Å².